The van der Waals surface area contributed by atoms with Crippen molar-refractivity contribution in [2.24, 2.45) is 5.92 Å². The maximum atomic E-state index is 11.2. The normalized spacial score (nSPS) is 9.25. The van der Waals surface area contributed by atoms with E-state index in [-0.39, 0.29) is 5.91 Å². The van der Waals surface area contributed by atoms with Gasteiger partial charge in [0.2, 0.25) is 5.91 Å². The zero-order valence-electron chi connectivity index (χ0n) is 10.3. The Morgan fingerprint density at radius 1 is 1.38 bits per heavy atom. The molecular weight excluding hydrogens is 198 g/mol. The number of hydrogen-bond donors (Lipinski definition) is 1. The second-order valence-electron chi connectivity index (χ2n) is 3.76. The van der Waals surface area contributed by atoms with Gasteiger partial charge in [-0.25, -0.2) is 0 Å². The molecule has 0 aliphatic rings. The van der Waals surface area contributed by atoms with Gasteiger partial charge in [-0.2, -0.15) is 0 Å². The molecule has 0 atom stereocenters. The van der Waals surface area contributed by atoms with Crippen LogP contribution in [0.5, 0.6) is 0 Å². The minimum atomic E-state index is -0.0324. The molecule has 0 aliphatic heterocycles. The third kappa shape index (κ3) is 10.4. The van der Waals surface area contributed by atoms with Crippen LogP contribution in [0.1, 0.15) is 33.6 Å². The number of rotatable bonds is 5. The van der Waals surface area contributed by atoms with Gasteiger partial charge in [-0.15, -0.1) is 0 Å². The predicted molar refractivity (Wildman–Crippen MR) is 67.4 cm³/mol. The van der Waals surface area contributed by atoms with Gasteiger partial charge in [-0.1, -0.05) is 31.8 Å². The van der Waals surface area contributed by atoms with Crippen molar-refractivity contribution in [3.63, 3.8) is 0 Å². The summed E-state index contributed by atoms with van der Waals surface area (Å²) in [6.45, 7) is 6.60. The Kier molecular flexibility index (Phi) is 8.84. The van der Waals surface area contributed by atoms with E-state index in [1.807, 2.05) is 6.08 Å². The molecule has 0 saturated carbocycles. The van der Waals surface area contributed by atoms with E-state index in [9.17, 15) is 4.79 Å². The van der Waals surface area contributed by atoms with Crippen molar-refractivity contribution in [3.05, 3.63) is 12.2 Å². The lowest BCUT2D eigenvalue weighted by Gasteiger charge is -2.03. The monoisotopic (exact) mass is 217 g/mol. The fraction of sp³-hybridized carbons (Fsp3) is 0.500. The Hall–Kier alpha value is -1.67. The lowest BCUT2D eigenvalue weighted by Crippen LogP contribution is -2.25. The number of unbranched alkanes of at least 4 members (excludes halogenated alkanes) is 1. The van der Waals surface area contributed by atoms with Crippen molar-refractivity contribution >= 4 is 5.91 Å². The van der Waals surface area contributed by atoms with E-state index in [4.69, 9.17) is 0 Å². The molecule has 1 amide bonds. The summed E-state index contributed by atoms with van der Waals surface area (Å²) in [5.74, 6) is 11.4. The molecule has 0 aliphatic carbocycles. The maximum absolute atomic E-state index is 11.2. The van der Waals surface area contributed by atoms with Crippen LogP contribution in [0.15, 0.2) is 12.2 Å². The first-order valence-electron chi connectivity index (χ1n) is 5.50. The van der Waals surface area contributed by atoms with E-state index in [0.717, 1.165) is 19.4 Å². The molecule has 0 aromatic heterocycles. The number of hydrogen-bond acceptors (Lipinski definition) is 1. The van der Waals surface area contributed by atoms with Crippen molar-refractivity contribution in [1.82, 2.24) is 5.32 Å². The van der Waals surface area contributed by atoms with Crippen molar-refractivity contribution in [3.8, 4) is 23.7 Å². The highest BCUT2D eigenvalue weighted by molar-refractivity contribution is 5.87. The smallest absolute Gasteiger partial charge is 0.243 e. The van der Waals surface area contributed by atoms with Crippen LogP contribution in [0, 0.1) is 29.6 Å². The highest BCUT2D eigenvalue weighted by Gasteiger charge is 1.96. The van der Waals surface area contributed by atoms with Crippen molar-refractivity contribution in [2.45, 2.75) is 33.6 Å². The van der Waals surface area contributed by atoms with Crippen molar-refractivity contribution in [2.75, 3.05) is 6.54 Å². The Morgan fingerprint density at radius 2 is 2.12 bits per heavy atom. The molecule has 0 unspecified atom stereocenters. The molecule has 2 nitrogen and oxygen atoms in total. The van der Waals surface area contributed by atoms with E-state index in [2.05, 4.69) is 42.8 Å². The molecule has 0 rings (SSSR count). The molecule has 86 valence electrons. The molecule has 0 saturated heterocycles. The molecular formula is C14H19NO. The fourth-order valence-corrected chi connectivity index (χ4v) is 0.879. The number of carbonyl (C=O) groups is 1. The van der Waals surface area contributed by atoms with Crippen LogP contribution in [-0.4, -0.2) is 12.5 Å². The van der Waals surface area contributed by atoms with E-state index in [1.54, 1.807) is 13.0 Å². The van der Waals surface area contributed by atoms with Crippen LogP contribution in [0.25, 0.3) is 0 Å². The Bertz CT molecular complexity index is 344. The summed E-state index contributed by atoms with van der Waals surface area (Å²) in [5, 5.41) is 2.81. The largest absolute Gasteiger partial charge is 0.352 e. The third-order valence-electron chi connectivity index (χ3n) is 1.67. The van der Waals surface area contributed by atoms with Crippen molar-refractivity contribution in [1.29, 1.82) is 0 Å². The quantitative estimate of drug-likeness (QED) is 0.426. The van der Waals surface area contributed by atoms with Gasteiger partial charge in [0, 0.05) is 13.0 Å². The number of allylic oxidation sites excluding steroid dienone is 1. The summed E-state index contributed by atoms with van der Waals surface area (Å²) in [4.78, 5) is 11.2. The first kappa shape index (κ1) is 14.3. The summed E-state index contributed by atoms with van der Waals surface area (Å²) >= 11 is 0. The summed E-state index contributed by atoms with van der Waals surface area (Å²) in [5.41, 5.74) is 0. The Morgan fingerprint density at radius 3 is 2.75 bits per heavy atom. The molecule has 0 heterocycles. The standard InChI is InChI=1S/C14H19NO/c1-4-5-6-7-8-9-10-11-14(16)15-12-13(2)3/h10-11,13H,8-9,12H2,1-3H3,(H,15,16). The van der Waals surface area contributed by atoms with Crippen LogP contribution in [0.2, 0.25) is 0 Å². The van der Waals surface area contributed by atoms with Crippen LogP contribution < -0.4 is 5.32 Å². The molecule has 1 N–H and O–H groups in total. The van der Waals surface area contributed by atoms with Crippen LogP contribution in [0.4, 0.5) is 0 Å². The number of amides is 1. The fourth-order valence-electron chi connectivity index (χ4n) is 0.879. The number of nitrogens with one attached hydrogen (secondary N) is 1. The molecule has 0 bridgehead atoms. The summed E-state index contributed by atoms with van der Waals surface area (Å²) in [6.07, 6.45) is 4.93. The first-order valence-corrected chi connectivity index (χ1v) is 5.50. The average molecular weight is 217 g/mol. The first-order chi connectivity index (χ1) is 7.66. The molecule has 0 radical (unpaired) electrons. The lowest BCUT2D eigenvalue weighted by molar-refractivity contribution is -0.116. The third-order valence-corrected chi connectivity index (χ3v) is 1.67. The second kappa shape index (κ2) is 9.87. The molecule has 0 aromatic rings. The Labute approximate surface area is 98.5 Å². The topological polar surface area (TPSA) is 29.1 Å². The van der Waals surface area contributed by atoms with Gasteiger partial charge in [0.15, 0.2) is 0 Å². The van der Waals surface area contributed by atoms with Crippen molar-refractivity contribution < 1.29 is 4.79 Å². The summed E-state index contributed by atoms with van der Waals surface area (Å²) < 4.78 is 0. The van der Waals surface area contributed by atoms with Gasteiger partial charge in [0.05, 0.1) is 0 Å². The SMILES string of the molecule is CC#CC#CCCC=CC(=O)NCC(C)C. The van der Waals surface area contributed by atoms with Crippen LogP contribution >= 0.6 is 0 Å². The van der Waals surface area contributed by atoms with Gasteiger partial charge < -0.3 is 5.32 Å². The zero-order valence-corrected chi connectivity index (χ0v) is 10.3. The van der Waals surface area contributed by atoms with Gasteiger partial charge in [-0.3, -0.25) is 4.79 Å². The van der Waals surface area contributed by atoms with Gasteiger partial charge in [0.25, 0.3) is 0 Å². The van der Waals surface area contributed by atoms with Crippen LogP contribution in [-0.2, 0) is 4.79 Å². The molecule has 2 heteroatoms. The molecule has 0 spiro atoms. The predicted octanol–water partition coefficient (Wildman–Crippen LogP) is 2.12. The second-order valence-corrected chi connectivity index (χ2v) is 3.76. The highest BCUT2D eigenvalue weighted by Crippen LogP contribution is 1.90. The maximum Gasteiger partial charge on any atom is 0.243 e. The van der Waals surface area contributed by atoms with E-state index < -0.39 is 0 Å². The van der Waals surface area contributed by atoms with Gasteiger partial charge in [0.1, 0.15) is 0 Å². The zero-order chi connectivity index (χ0) is 12.2. The minimum Gasteiger partial charge on any atom is -0.352 e. The van der Waals surface area contributed by atoms with Gasteiger partial charge in [-0.05, 0) is 37.2 Å². The highest BCUT2D eigenvalue weighted by atomic mass is 16.1. The average Bonchev–Trinajstić information content (AvgIpc) is 2.25. The molecule has 16 heavy (non-hydrogen) atoms. The van der Waals surface area contributed by atoms with Crippen LogP contribution in [0.3, 0.4) is 0 Å². The number of carbonyl (C=O) groups excluding carboxylic acids is 1. The van der Waals surface area contributed by atoms with E-state index >= 15 is 0 Å². The van der Waals surface area contributed by atoms with E-state index in [1.165, 1.54) is 0 Å². The molecule has 0 aromatic carbocycles. The lowest BCUT2D eigenvalue weighted by atomic mass is 10.2. The summed E-state index contributed by atoms with van der Waals surface area (Å²) in [6, 6.07) is 0. The Balaban J connectivity index is 3.64. The summed E-state index contributed by atoms with van der Waals surface area (Å²) in [7, 11) is 0. The minimum absolute atomic E-state index is 0.0324. The molecule has 0 fully saturated rings. The van der Waals surface area contributed by atoms with Gasteiger partial charge >= 0.3 is 0 Å². The van der Waals surface area contributed by atoms with E-state index in [0.29, 0.717) is 5.92 Å².